The molecule has 2 N–H and O–H groups in total. The molecule has 27 heavy (non-hydrogen) atoms. The van der Waals surface area contributed by atoms with Crippen molar-refractivity contribution in [3.8, 4) is 0 Å². The van der Waals surface area contributed by atoms with E-state index in [1.54, 1.807) is 6.08 Å². The van der Waals surface area contributed by atoms with Crippen LogP contribution < -0.4 is 15.5 Å². The van der Waals surface area contributed by atoms with Gasteiger partial charge in [-0.3, -0.25) is 4.79 Å². The van der Waals surface area contributed by atoms with Crippen molar-refractivity contribution in [3.05, 3.63) is 36.9 Å². The van der Waals surface area contributed by atoms with Gasteiger partial charge in [0.05, 0.1) is 5.25 Å². The molecule has 144 valence electrons. The number of piperidine rings is 1. The predicted molar refractivity (Wildman–Crippen MR) is 115 cm³/mol. The molecule has 8 heteroatoms. The van der Waals surface area contributed by atoms with E-state index in [1.807, 2.05) is 19.1 Å². The fraction of sp³-hybridized carbons (Fsp3) is 0.421. The first-order valence-electron chi connectivity index (χ1n) is 9.16. The van der Waals surface area contributed by atoms with Crippen LogP contribution in [0.2, 0.25) is 0 Å². The fourth-order valence-electron chi connectivity index (χ4n) is 2.84. The minimum absolute atomic E-state index is 0.0403. The number of hydrogen-bond donors (Lipinski definition) is 2. The SMILES string of the molecule is C=CCNc1nnc(SC(C)C(=O)Nc2ccc(N3CCCCC3)cc2)s1. The number of nitrogens with one attached hydrogen (secondary N) is 2. The monoisotopic (exact) mass is 403 g/mol. The van der Waals surface area contributed by atoms with Crippen molar-refractivity contribution in [1.29, 1.82) is 0 Å². The molecule has 2 heterocycles. The van der Waals surface area contributed by atoms with E-state index >= 15 is 0 Å². The standard InChI is InChI=1S/C19H25N5OS2/c1-3-11-20-18-22-23-19(27-18)26-14(2)17(25)21-15-7-9-16(10-8-15)24-12-5-4-6-13-24/h3,7-10,14H,1,4-6,11-13H2,2H3,(H,20,22)(H,21,25). The van der Waals surface area contributed by atoms with Crippen LogP contribution in [0.4, 0.5) is 16.5 Å². The van der Waals surface area contributed by atoms with E-state index in [2.05, 4.69) is 44.4 Å². The van der Waals surface area contributed by atoms with E-state index in [0.717, 1.165) is 28.2 Å². The fourth-order valence-corrected chi connectivity index (χ4v) is 4.75. The van der Waals surface area contributed by atoms with Gasteiger partial charge in [0.1, 0.15) is 0 Å². The van der Waals surface area contributed by atoms with Gasteiger partial charge in [0.15, 0.2) is 4.34 Å². The molecule has 2 aromatic rings. The molecule has 1 amide bonds. The first kappa shape index (κ1) is 19.7. The maximum absolute atomic E-state index is 12.5. The lowest BCUT2D eigenvalue weighted by atomic mass is 10.1. The molecule has 1 aliphatic rings. The van der Waals surface area contributed by atoms with Crippen molar-refractivity contribution >= 4 is 45.5 Å². The smallest absolute Gasteiger partial charge is 0.237 e. The summed E-state index contributed by atoms with van der Waals surface area (Å²) in [6, 6.07) is 8.12. The lowest BCUT2D eigenvalue weighted by Crippen LogP contribution is -2.29. The minimum atomic E-state index is -0.257. The first-order valence-corrected chi connectivity index (χ1v) is 10.9. The van der Waals surface area contributed by atoms with Crippen molar-refractivity contribution in [3.63, 3.8) is 0 Å². The normalized spacial score (nSPS) is 15.2. The third-order valence-corrected chi connectivity index (χ3v) is 6.37. The van der Waals surface area contributed by atoms with Crippen LogP contribution in [0.15, 0.2) is 41.3 Å². The number of rotatable bonds is 8. The van der Waals surface area contributed by atoms with Crippen LogP contribution in [0.1, 0.15) is 26.2 Å². The van der Waals surface area contributed by atoms with E-state index in [0.29, 0.717) is 6.54 Å². The number of thioether (sulfide) groups is 1. The molecular formula is C19H25N5OS2. The van der Waals surface area contributed by atoms with Crippen molar-refractivity contribution in [2.24, 2.45) is 0 Å². The van der Waals surface area contributed by atoms with Gasteiger partial charge in [-0.25, -0.2) is 0 Å². The summed E-state index contributed by atoms with van der Waals surface area (Å²) in [5.41, 5.74) is 2.04. The second-order valence-corrected chi connectivity index (χ2v) is 8.95. The van der Waals surface area contributed by atoms with Crippen molar-refractivity contribution in [2.75, 3.05) is 35.2 Å². The molecule has 6 nitrogen and oxygen atoms in total. The van der Waals surface area contributed by atoms with Gasteiger partial charge in [-0.15, -0.1) is 16.8 Å². The summed E-state index contributed by atoms with van der Waals surface area (Å²) >= 11 is 2.85. The zero-order valence-corrected chi connectivity index (χ0v) is 17.1. The Morgan fingerprint density at radius 2 is 2.04 bits per heavy atom. The predicted octanol–water partition coefficient (Wildman–Crippen LogP) is 4.25. The summed E-state index contributed by atoms with van der Waals surface area (Å²) in [5, 5.41) is 14.7. The molecule has 0 aliphatic carbocycles. The Hall–Kier alpha value is -2.06. The second-order valence-electron chi connectivity index (χ2n) is 6.39. The van der Waals surface area contributed by atoms with Crippen LogP contribution in [0.25, 0.3) is 0 Å². The highest BCUT2D eigenvalue weighted by Crippen LogP contribution is 2.29. The minimum Gasteiger partial charge on any atom is -0.372 e. The third kappa shape index (κ3) is 5.71. The van der Waals surface area contributed by atoms with Crippen molar-refractivity contribution in [1.82, 2.24) is 10.2 Å². The van der Waals surface area contributed by atoms with Crippen LogP contribution in [0.3, 0.4) is 0 Å². The lowest BCUT2D eigenvalue weighted by molar-refractivity contribution is -0.115. The highest BCUT2D eigenvalue weighted by atomic mass is 32.2. The van der Waals surface area contributed by atoms with Crippen molar-refractivity contribution < 1.29 is 4.79 Å². The largest absolute Gasteiger partial charge is 0.372 e. The zero-order chi connectivity index (χ0) is 19.1. The zero-order valence-electron chi connectivity index (χ0n) is 15.5. The molecule has 0 saturated carbocycles. The van der Waals surface area contributed by atoms with Gasteiger partial charge < -0.3 is 15.5 Å². The number of anilines is 3. The molecule has 1 saturated heterocycles. The Morgan fingerprint density at radius 3 is 2.74 bits per heavy atom. The summed E-state index contributed by atoms with van der Waals surface area (Å²) in [7, 11) is 0. The number of carbonyl (C=O) groups excluding carboxylic acids is 1. The maximum atomic E-state index is 12.5. The average Bonchev–Trinajstić information content (AvgIpc) is 3.15. The number of hydrogen-bond acceptors (Lipinski definition) is 7. The van der Waals surface area contributed by atoms with E-state index in [-0.39, 0.29) is 11.2 Å². The molecular weight excluding hydrogens is 378 g/mol. The molecule has 0 bridgehead atoms. The van der Waals surface area contributed by atoms with Gasteiger partial charge in [0.2, 0.25) is 11.0 Å². The second kappa shape index (κ2) is 9.75. The quantitative estimate of drug-likeness (QED) is 0.507. The molecule has 1 fully saturated rings. The van der Waals surface area contributed by atoms with Gasteiger partial charge in [-0.2, -0.15) is 0 Å². The van der Waals surface area contributed by atoms with E-state index < -0.39 is 0 Å². The molecule has 1 aliphatic heterocycles. The van der Waals surface area contributed by atoms with Gasteiger partial charge in [0.25, 0.3) is 0 Å². The summed E-state index contributed by atoms with van der Waals surface area (Å²) in [5.74, 6) is -0.0403. The van der Waals surface area contributed by atoms with E-state index in [4.69, 9.17) is 0 Å². The van der Waals surface area contributed by atoms with Gasteiger partial charge >= 0.3 is 0 Å². The average molecular weight is 404 g/mol. The van der Waals surface area contributed by atoms with Crippen LogP contribution >= 0.6 is 23.1 Å². The molecule has 3 rings (SSSR count). The Morgan fingerprint density at radius 1 is 1.30 bits per heavy atom. The molecule has 1 atom stereocenters. The van der Waals surface area contributed by atoms with Crippen LogP contribution in [0.5, 0.6) is 0 Å². The van der Waals surface area contributed by atoms with Gasteiger partial charge in [-0.05, 0) is 50.5 Å². The number of carbonyl (C=O) groups is 1. The first-order chi connectivity index (χ1) is 13.2. The van der Waals surface area contributed by atoms with Crippen LogP contribution in [-0.4, -0.2) is 41.0 Å². The Bertz CT molecular complexity index is 756. The highest BCUT2D eigenvalue weighted by molar-refractivity contribution is 8.02. The third-order valence-electron chi connectivity index (χ3n) is 4.31. The number of aromatic nitrogens is 2. The van der Waals surface area contributed by atoms with Crippen LogP contribution in [-0.2, 0) is 4.79 Å². The van der Waals surface area contributed by atoms with E-state index in [1.165, 1.54) is 48.0 Å². The summed E-state index contributed by atoms with van der Waals surface area (Å²) in [4.78, 5) is 14.9. The van der Waals surface area contributed by atoms with Crippen LogP contribution in [0, 0.1) is 0 Å². The molecule has 1 aromatic heterocycles. The van der Waals surface area contributed by atoms with Gasteiger partial charge in [-0.1, -0.05) is 29.2 Å². The Balaban J connectivity index is 1.51. The molecule has 1 unspecified atom stereocenters. The summed E-state index contributed by atoms with van der Waals surface area (Å²) < 4.78 is 0.768. The Kier molecular flexibility index (Phi) is 7.11. The summed E-state index contributed by atoms with van der Waals surface area (Å²) in [6.45, 7) is 8.41. The molecule has 0 radical (unpaired) electrons. The molecule has 0 spiro atoms. The number of benzene rings is 1. The van der Waals surface area contributed by atoms with E-state index in [9.17, 15) is 4.79 Å². The summed E-state index contributed by atoms with van der Waals surface area (Å²) in [6.07, 6.45) is 5.59. The Labute approximate surface area is 168 Å². The lowest BCUT2D eigenvalue weighted by Gasteiger charge is -2.28. The van der Waals surface area contributed by atoms with Gasteiger partial charge in [0, 0.05) is 31.0 Å². The topological polar surface area (TPSA) is 70.1 Å². The molecule has 1 aromatic carbocycles. The number of amides is 1. The number of nitrogens with zero attached hydrogens (tertiary/aromatic N) is 3. The highest BCUT2D eigenvalue weighted by Gasteiger charge is 2.18. The van der Waals surface area contributed by atoms with Crippen molar-refractivity contribution in [2.45, 2.75) is 35.8 Å². The maximum Gasteiger partial charge on any atom is 0.237 e.